The fourth-order valence-electron chi connectivity index (χ4n) is 3.83. The molecule has 7 heteroatoms. The van der Waals surface area contributed by atoms with Gasteiger partial charge in [0.05, 0.1) is 0 Å². The van der Waals surface area contributed by atoms with Crippen LogP contribution in [0.5, 0.6) is 0 Å². The van der Waals surface area contributed by atoms with Crippen molar-refractivity contribution in [3.63, 3.8) is 0 Å². The zero-order valence-electron chi connectivity index (χ0n) is 16.3. The van der Waals surface area contributed by atoms with E-state index in [1.807, 2.05) is 43.7 Å². The van der Waals surface area contributed by atoms with Gasteiger partial charge in [0, 0.05) is 47.6 Å². The Morgan fingerprint density at radius 2 is 1.97 bits per heavy atom. The van der Waals surface area contributed by atoms with Gasteiger partial charge in [0.25, 0.3) is 5.89 Å². The Labute approximate surface area is 175 Å². The van der Waals surface area contributed by atoms with Gasteiger partial charge in [-0.3, -0.25) is 4.98 Å². The second-order valence-electron chi connectivity index (χ2n) is 7.16. The summed E-state index contributed by atoms with van der Waals surface area (Å²) in [5.74, 6) is 1.14. The molecule has 3 aromatic heterocycles. The fourth-order valence-corrected chi connectivity index (χ4v) is 3.83. The number of pyridine rings is 1. The average Bonchev–Trinajstić information content (AvgIpc) is 3.40. The molecule has 0 saturated carbocycles. The molecule has 29 heavy (non-hydrogen) atoms. The smallest absolute Gasteiger partial charge is 0.258 e. The molecule has 4 aromatic rings. The molecular weight excluding hydrogens is 386 g/mol. The molecule has 1 aromatic carbocycles. The highest BCUT2D eigenvalue weighted by atomic mass is 35.5. The quantitative estimate of drug-likeness (QED) is 0.549. The second-order valence-corrected chi connectivity index (χ2v) is 7.16. The van der Waals surface area contributed by atoms with E-state index in [1.165, 1.54) is 16.7 Å². The Kier molecular flexibility index (Phi) is 5.22. The third-order valence-electron chi connectivity index (χ3n) is 5.32. The van der Waals surface area contributed by atoms with E-state index < -0.39 is 0 Å². The van der Waals surface area contributed by atoms with E-state index >= 15 is 0 Å². The van der Waals surface area contributed by atoms with Crippen LogP contribution in [0.25, 0.3) is 28.5 Å². The van der Waals surface area contributed by atoms with Crippen LogP contribution < -0.4 is 5.32 Å². The van der Waals surface area contributed by atoms with Gasteiger partial charge in [-0.05, 0) is 67.8 Å². The molecule has 0 saturated heterocycles. The second kappa shape index (κ2) is 7.81. The topological polar surface area (TPSA) is 68.8 Å². The van der Waals surface area contributed by atoms with Crippen LogP contribution in [0.4, 0.5) is 0 Å². The van der Waals surface area contributed by atoms with Gasteiger partial charge in [-0.2, -0.15) is 4.98 Å². The maximum absolute atomic E-state index is 5.65. The van der Waals surface area contributed by atoms with Crippen molar-refractivity contribution in [2.75, 3.05) is 6.54 Å². The van der Waals surface area contributed by atoms with Gasteiger partial charge >= 0.3 is 0 Å². The average molecular weight is 408 g/mol. The Bertz CT molecular complexity index is 1150. The predicted octanol–water partition coefficient (Wildman–Crippen LogP) is 4.27. The molecule has 4 heterocycles. The highest BCUT2D eigenvalue weighted by Crippen LogP contribution is 2.31. The van der Waals surface area contributed by atoms with E-state index in [0.717, 1.165) is 42.0 Å². The number of aromatic nitrogens is 4. The fraction of sp³-hybridized carbons (Fsp3) is 0.227. The van der Waals surface area contributed by atoms with Gasteiger partial charge in [-0.25, -0.2) is 0 Å². The lowest BCUT2D eigenvalue weighted by Crippen LogP contribution is -2.24. The third kappa shape index (κ3) is 3.45. The van der Waals surface area contributed by atoms with E-state index in [2.05, 4.69) is 39.1 Å². The van der Waals surface area contributed by atoms with Crippen LogP contribution in [0.15, 0.2) is 53.4 Å². The van der Waals surface area contributed by atoms with Crippen molar-refractivity contribution in [1.29, 1.82) is 0 Å². The van der Waals surface area contributed by atoms with Crippen LogP contribution in [0, 0.1) is 13.8 Å². The molecule has 148 valence electrons. The standard InChI is InChI=1S/C22H21N5O.ClH/c1-14-5-6-16(11-19(14)27-9-3-4-10-27)22-25-21(26-28-22)20-15(2)24-13-17-12-23-8-7-18(17)20;/h3-6,9-11,13,23H,7-8,12H2,1-2H3;1H. The van der Waals surface area contributed by atoms with Gasteiger partial charge in [0.15, 0.2) is 0 Å². The highest BCUT2D eigenvalue weighted by Gasteiger charge is 2.21. The molecule has 0 unspecified atom stereocenters. The number of nitrogens with one attached hydrogen (secondary N) is 1. The minimum absolute atomic E-state index is 0. The zero-order chi connectivity index (χ0) is 19.1. The van der Waals surface area contributed by atoms with Gasteiger partial charge < -0.3 is 14.4 Å². The monoisotopic (exact) mass is 407 g/mol. The number of hydrogen-bond donors (Lipinski definition) is 1. The third-order valence-corrected chi connectivity index (χ3v) is 5.32. The van der Waals surface area contributed by atoms with Crippen molar-refractivity contribution < 1.29 is 4.52 Å². The zero-order valence-corrected chi connectivity index (χ0v) is 17.2. The van der Waals surface area contributed by atoms with Crippen molar-refractivity contribution >= 4 is 12.4 Å². The number of hydrogen-bond acceptors (Lipinski definition) is 5. The molecule has 0 bridgehead atoms. The van der Waals surface area contributed by atoms with Crippen molar-refractivity contribution in [2.24, 2.45) is 0 Å². The molecule has 0 amide bonds. The maximum atomic E-state index is 5.65. The molecule has 5 rings (SSSR count). The Hall–Kier alpha value is -2.96. The summed E-state index contributed by atoms with van der Waals surface area (Å²) in [6.45, 7) is 5.88. The van der Waals surface area contributed by atoms with Crippen LogP contribution >= 0.6 is 12.4 Å². The van der Waals surface area contributed by atoms with E-state index in [1.54, 1.807) is 0 Å². The summed E-state index contributed by atoms with van der Waals surface area (Å²) in [6, 6.07) is 10.2. The van der Waals surface area contributed by atoms with Gasteiger partial charge in [0.2, 0.25) is 5.82 Å². The van der Waals surface area contributed by atoms with Crippen LogP contribution in [0.2, 0.25) is 0 Å². The summed E-state index contributed by atoms with van der Waals surface area (Å²) in [7, 11) is 0. The minimum atomic E-state index is 0. The molecule has 0 fully saturated rings. The SMILES string of the molecule is Cc1ccc(-c2nc(-c3c(C)ncc4c3CCNC4)no2)cc1-n1cccc1.Cl. The molecule has 1 N–H and O–H groups in total. The van der Waals surface area contributed by atoms with Crippen LogP contribution in [-0.2, 0) is 13.0 Å². The molecule has 0 radical (unpaired) electrons. The van der Waals surface area contributed by atoms with E-state index in [0.29, 0.717) is 11.7 Å². The van der Waals surface area contributed by atoms with Gasteiger partial charge in [-0.15, -0.1) is 12.4 Å². The summed E-state index contributed by atoms with van der Waals surface area (Å²) >= 11 is 0. The lowest BCUT2D eigenvalue weighted by atomic mass is 9.95. The first-order chi connectivity index (χ1) is 13.7. The number of aryl methyl sites for hydroxylation is 2. The Balaban J connectivity index is 0.00000205. The van der Waals surface area contributed by atoms with Crippen molar-refractivity contribution in [1.82, 2.24) is 25.0 Å². The molecule has 1 aliphatic heterocycles. The molecule has 0 atom stereocenters. The first-order valence-electron chi connectivity index (χ1n) is 9.47. The first kappa shape index (κ1) is 19.4. The lowest BCUT2D eigenvalue weighted by molar-refractivity contribution is 0.432. The van der Waals surface area contributed by atoms with Crippen LogP contribution in [0.3, 0.4) is 0 Å². The van der Waals surface area contributed by atoms with Crippen molar-refractivity contribution in [3.8, 4) is 28.5 Å². The molecule has 6 nitrogen and oxygen atoms in total. The Morgan fingerprint density at radius 3 is 2.79 bits per heavy atom. The summed E-state index contributed by atoms with van der Waals surface area (Å²) in [5, 5.41) is 7.68. The van der Waals surface area contributed by atoms with Gasteiger partial charge in [0.1, 0.15) is 0 Å². The van der Waals surface area contributed by atoms with Crippen LogP contribution in [0.1, 0.15) is 22.4 Å². The lowest BCUT2D eigenvalue weighted by Gasteiger charge is -2.19. The van der Waals surface area contributed by atoms with E-state index in [4.69, 9.17) is 9.51 Å². The normalized spacial score (nSPS) is 13.0. The van der Waals surface area contributed by atoms with Crippen LogP contribution in [-0.4, -0.2) is 26.2 Å². The van der Waals surface area contributed by atoms with Gasteiger partial charge in [-0.1, -0.05) is 11.2 Å². The number of nitrogens with zero attached hydrogens (tertiary/aromatic N) is 4. The minimum Gasteiger partial charge on any atom is -0.334 e. The summed E-state index contributed by atoms with van der Waals surface area (Å²) in [4.78, 5) is 9.27. The number of halogens is 1. The maximum Gasteiger partial charge on any atom is 0.258 e. The first-order valence-corrected chi connectivity index (χ1v) is 9.47. The summed E-state index contributed by atoms with van der Waals surface area (Å²) in [6.07, 6.45) is 6.96. The largest absolute Gasteiger partial charge is 0.334 e. The van der Waals surface area contributed by atoms with Crippen molar-refractivity contribution in [3.05, 3.63) is 71.3 Å². The van der Waals surface area contributed by atoms with E-state index in [-0.39, 0.29) is 12.4 Å². The number of benzene rings is 1. The number of fused-ring (bicyclic) bond motifs is 1. The molecule has 0 spiro atoms. The molecule has 1 aliphatic rings. The summed E-state index contributed by atoms with van der Waals surface area (Å²) < 4.78 is 7.74. The van der Waals surface area contributed by atoms with E-state index in [9.17, 15) is 0 Å². The molecule has 0 aliphatic carbocycles. The highest BCUT2D eigenvalue weighted by molar-refractivity contribution is 5.85. The Morgan fingerprint density at radius 1 is 1.14 bits per heavy atom. The summed E-state index contributed by atoms with van der Waals surface area (Å²) in [5.41, 5.74) is 7.62. The number of rotatable bonds is 3. The molecular formula is C22H22ClN5O. The van der Waals surface area contributed by atoms with Crippen molar-refractivity contribution in [2.45, 2.75) is 26.8 Å². The predicted molar refractivity (Wildman–Crippen MR) is 114 cm³/mol.